The first-order valence-electron chi connectivity index (χ1n) is 6.71. The lowest BCUT2D eigenvalue weighted by atomic mass is 9.77. The summed E-state index contributed by atoms with van der Waals surface area (Å²) in [4.78, 5) is 0. The second-order valence-electron chi connectivity index (χ2n) is 6.92. The molecule has 19 heavy (non-hydrogen) atoms. The van der Waals surface area contributed by atoms with Crippen LogP contribution >= 0.6 is 0 Å². The van der Waals surface area contributed by atoms with Gasteiger partial charge >= 0.3 is 0 Å². The number of fused-ring (bicyclic) bond motifs is 1. The fourth-order valence-electron chi connectivity index (χ4n) is 2.50. The summed E-state index contributed by atoms with van der Waals surface area (Å²) in [6.45, 7) is 13.0. The summed E-state index contributed by atoms with van der Waals surface area (Å²) >= 11 is 0. The Kier molecular flexibility index (Phi) is 3.12. The van der Waals surface area contributed by atoms with Crippen LogP contribution in [0.15, 0.2) is 17.3 Å². The largest absolute Gasteiger partial charge is 0.489 e. The summed E-state index contributed by atoms with van der Waals surface area (Å²) < 4.78 is 6.11. The maximum absolute atomic E-state index is 8.78. The van der Waals surface area contributed by atoms with Crippen LogP contribution in [0.1, 0.15) is 58.2 Å². The number of oxime groups is 1. The molecule has 0 saturated carbocycles. The van der Waals surface area contributed by atoms with Crippen molar-refractivity contribution in [2.75, 3.05) is 0 Å². The number of benzene rings is 1. The Morgan fingerprint density at radius 2 is 1.95 bits per heavy atom. The second kappa shape index (κ2) is 4.26. The molecule has 0 saturated heterocycles. The zero-order chi connectivity index (χ0) is 14.4. The van der Waals surface area contributed by atoms with E-state index in [2.05, 4.69) is 52.8 Å². The average molecular weight is 261 g/mol. The quantitative estimate of drug-likeness (QED) is 0.474. The van der Waals surface area contributed by atoms with Crippen molar-refractivity contribution in [3.8, 4) is 5.75 Å². The zero-order valence-corrected chi connectivity index (χ0v) is 12.6. The third kappa shape index (κ3) is 2.22. The topological polar surface area (TPSA) is 41.8 Å². The molecule has 1 unspecified atom stereocenters. The molecular weight excluding hydrogens is 238 g/mol. The summed E-state index contributed by atoms with van der Waals surface area (Å²) in [7, 11) is 0. The first kappa shape index (κ1) is 13.9. The van der Waals surface area contributed by atoms with Gasteiger partial charge in [0.2, 0.25) is 0 Å². The predicted octanol–water partition coefficient (Wildman–Crippen LogP) is 3.85. The lowest BCUT2D eigenvalue weighted by molar-refractivity contribution is 0.183. The van der Waals surface area contributed by atoms with Gasteiger partial charge in [0.25, 0.3) is 0 Å². The maximum atomic E-state index is 8.78. The number of ether oxygens (including phenoxy) is 1. The molecule has 3 heteroatoms. The Bertz CT molecular complexity index is 524. The van der Waals surface area contributed by atoms with E-state index in [1.165, 1.54) is 11.8 Å². The second-order valence-corrected chi connectivity index (χ2v) is 6.92. The summed E-state index contributed by atoms with van der Waals surface area (Å²) in [6, 6.07) is 4.11. The third-order valence-electron chi connectivity index (χ3n) is 4.13. The van der Waals surface area contributed by atoms with Crippen LogP contribution in [0.3, 0.4) is 0 Å². The Labute approximate surface area is 115 Å². The molecule has 1 aliphatic heterocycles. The highest BCUT2D eigenvalue weighted by molar-refractivity contribution is 5.81. The molecule has 1 atom stereocenters. The SMILES string of the molecule is CC1Oc2c(C(C)(C)C)cc(C=NO)cc2C1(C)C. The molecule has 0 bridgehead atoms. The lowest BCUT2D eigenvalue weighted by Gasteiger charge is -2.23. The van der Waals surface area contributed by atoms with Gasteiger partial charge in [-0.15, -0.1) is 0 Å². The highest BCUT2D eigenvalue weighted by Crippen LogP contribution is 2.47. The van der Waals surface area contributed by atoms with Crippen LogP contribution in [0.2, 0.25) is 0 Å². The van der Waals surface area contributed by atoms with E-state index < -0.39 is 0 Å². The van der Waals surface area contributed by atoms with E-state index in [1.54, 1.807) is 0 Å². The van der Waals surface area contributed by atoms with Gasteiger partial charge in [0.15, 0.2) is 0 Å². The highest BCUT2D eigenvalue weighted by Gasteiger charge is 2.41. The third-order valence-corrected chi connectivity index (χ3v) is 4.13. The van der Waals surface area contributed by atoms with Crippen molar-refractivity contribution in [2.24, 2.45) is 5.16 Å². The molecule has 0 fully saturated rings. The van der Waals surface area contributed by atoms with E-state index in [4.69, 9.17) is 9.94 Å². The smallest absolute Gasteiger partial charge is 0.127 e. The molecule has 0 spiro atoms. The molecule has 104 valence electrons. The fourth-order valence-corrected chi connectivity index (χ4v) is 2.50. The van der Waals surface area contributed by atoms with Gasteiger partial charge < -0.3 is 9.94 Å². The maximum Gasteiger partial charge on any atom is 0.127 e. The standard InChI is InChI=1S/C16H23NO2/c1-10-16(5,6)13-8-11(9-17-18)7-12(14(13)19-10)15(2,3)4/h7-10,18H,1-6H3. The lowest BCUT2D eigenvalue weighted by Crippen LogP contribution is -2.28. The monoisotopic (exact) mass is 261 g/mol. The van der Waals surface area contributed by atoms with E-state index in [1.807, 2.05) is 6.07 Å². The number of hydrogen-bond acceptors (Lipinski definition) is 3. The molecule has 3 nitrogen and oxygen atoms in total. The normalized spacial score (nSPS) is 21.5. The molecule has 2 rings (SSSR count). The summed E-state index contributed by atoms with van der Waals surface area (Å²) in [5.74, 6) is 1.00. The molecular formula is C16H23NO2. The molecule has 1 N–H and O–H groups in total. The zero-order valence-electron chi connectivity index (χ0n) is 12.6. The van der Waals surface area contributed by atoms with Gasteiger partial charge in [-0.2, -0.15) is 0 Å². The van der Waals surface area contributed by atoms with E-state index in [-0.39, 0.29) is 16.9 Å². The molecule has 0 aliphatic carbocycles. The Morgan fingerprint density at radius 1 is 1.32 bits per heavy atom. The van der Waals surface area contributed by atoms with Crippen molar-refractivity contribution in [3.05, 3.63) is 28.8 Å². The van der Waals surface area contributed by atoms with Crippen LogP contribution in [-0.2, 0) is 10.8 Å². The Balaban J connectivity index is 2.71. The summed E-state index contributed by atoms with van der Waals surface area (Å²) in [5.41, 5.74) is 3.23. The van der Waals surface area contributed by atoms with E-state index in [0.29, 0.717) is 0 Å². The van der Waals surface area contributed by atoms with Gasteiger partial charge in [-0.05, 0) is 30.0 Å². The molecule has 1 aromatic rings. The highest BCUT2D eigenvalue weighted by atomic mass is 16.5. The van der Waals surface area contributed by atoms with Crippen molar-refractivity contribution < 1.29 is 9.94 Å². The minimum Gasteiger partial charge on any atom is -0.489 e. The van der Waals surface area contributed by atoms with Crippen LogP contribution in [0.25, 0.3) is 0 Å². The van der Waals surface area contributed by atoms with Gasteiger partial charge in [-0.3, -0.25) is 0 Å². The number of hydrogen-bond donors (Lipinski definition) is 1. The van der Waals surface area contributed by atoms with Gasteiger partial charge in [-0.1, -0.05) is 39.8 Å². The minimum atomic E-state index is -0.0331. The average Bonchev–Trinajstić information content (AvgIpc) is 2.50. The van der Waals surface area contributed by atoms with Crippen molar-refractivity contribution >= 4 is 6.21 Å². The van der Waals surface area contributed by atoms with Crippen LogP contribution < -0.4 is 4.74 Å². The summed E-state index contributed by atoms with van der Waals surface area (Å²) in [6.07, 6.45) is 1.62. The molecule has 0 aromatic heterocycles. The number of rotatable bonds is 1. The first-order valence-corrected chi connectivity index (χ1v) is 6.71. The molecule has 1 aliphatic rings. The van der Waals surface area contributed by atoms with Crippen LogP contribution in [-0.4, -0.2) is 17.5 Å². The molecule has 0 radical (unpaired) electrons. The van der Waals surface area contributed by atoms with Crippen molar-refractivity contribution in [1.82, 2.24) is 0 Å². The van der Waals surface area contributed by atoms with Crippen molar-refractivity contribution in [2.45, 2.75) is 58.5 Å². The van der Waals surface area contributed by atoms with Gasteiger partial charge in [0.1, 0.15) is 11.9 Å². The minimum absolute atomic E-state index is 0.0104. The number of nitrogens with zero attached hydrogens (tertiary/aromatic N) is 1. The van der Waals surface area contributed by atoms with E-state index in [9.17, 15) is 0 Å². The van der Waals surface area contributed by atoms with E-state index in [0.717, 1.165) is 16.9 Å². The van der Waals surface area contributed by atoms with E-state index >= 15 is 0 Å². The Hall–Kier alpha value is -1.51. The molecule has 0 amide bonds. The van der Waals surface area contributed by atoms with Gasteiger partial charge in [0.05, 0.1) is 6.21 Å². The summed E-state index contributed by atoms with van der Waals surface area (Å²) in [5, 5.41) is 11.9. The fraction of sp³-hybridized carbons (Fsp3) is 0.562. The van der Waals surface area contributed by atoms with Crippen LogP contribution in [0.4, 0.5) is 0 Å². The van der Waals surface area contributed by atoms with Crippen LogP contribution in [0, 0.1) is 0 Å². The first-order chi connectivity index (χ1) is 8.67. The van der Waals surface area contributed by atoms with Crippen LogP contribution in [0.5, 0.6) is 5.75 Å². The predicted molar refractivity (Wildman–Crippen MR) is 77.6 cm³/mol. The van der Waals surface area contributed by atoms with Gasteiger partial charge in [-0.25, -0.2) is 0 Å². The van der Waals surface area contributed by atoms with Gasteiger partial charge in [0, 0.05) is 16.5 Å². The van der Waals surface area contributed by atoms with Crippen molar-refractivity contribution in [3.63, 3.8) is 0 Å². The van der Waals surface area contributed by atoms with Crippen molar-refractivity contribution in [1.29, 1.82) is 0 Å². The Morgan fingerprint density at radius 3 is 2.47 bits per heavy atom. The molecule has 1 heterocycles. The molecule has 1 aromatic carbocycles.